The first kappa shape index (κ1) is 16.5. The lowest BCUT2D eigenvalue weighted by atomic mass is 10.3. The van der Waals surface area contributed by atoms with Crippen molar-refractivity contribution in [2.75, 3.05) is 18.0 Å². The van der Waals surface area contributed by atoms with Crippen molar-refractivity contribution < 1.29 is 4.79 Å². The van der Waals surface area contributed by atoms with E-state index in [2.05, 4.69) is 25.2 Å². The Morgan fingerprint density at radius 2 is 1.96 bits per heavy atom. The number of nitrogens with zero attached hydrogens (tertiary/aromatic N) is 5. The van der Waals surface area contributed by atoms with E-state index in [1.54, 1.807) is 0 Å². The summed E-state index contributed by atoms with van der Waals surface area (Å²) in [6.45, 7) is 6.17. The fourth-order valence-corrected chi connectivity index (χ4v) is 3.41. The molecular formula is C19H22N6O. The summed E-state index contributed by atoms with van der Waals surface area (Å²) in [5.41, 5.74) is 3.78. The Morgan fingerprint density at radius 1 is 1.15 bits per heavy atom. The first-order chi connectivity index (χ1) is 12.6. The zero-order chi connectivity index (χ0) is 18.1. The smallest absolute Gasteiger partial charge is 0.270 e. The SMILES string of the molecule is Cc1cc(CNC(=O)c2c(C)nc3ccccn23)nc(N2CCCC2)n1. The standard InChI is InChI=1S/C19H22N6O/c1-13-11-15(23-19(21-13)24-8-5-6-9-24)12-20-18(26)17-14(2)22-16-7-3-4-10-25(16)17/h3-4,7,10-11H,5-6,8-9,12H2,1-2H3,(H,20,26). The van der Waals surface area contributed by atoms with Crippen LogP contribution in [0.1, 0.15) is 40.4 Å². The molecule has 1 amide bonds. The Morgan fingerprint density at radius 3 is 2.77 bits per heavy atom. The first-order valence-electron chi connectivity index (χ1n) is 8.93. The predicted molar refractivity (Wildman–Crippen MR) is 99.3 cm³/mol. The third-order valence-electron chi connectivity index (χ3n) is 4.63. The van der Waals surface area contributed by atoms with Crippen molar-refractivity contribution in [3.05, 3.63) is 53.2 Å². The molecule has 4 heterocycles. The molecule has 0 saturated carbocycles. The zero-order valence-corrected chi connectivity index (χ0v) is 15.1. The average molecular weight is 350 g/mol. The van der Waals surface area contributed by atoms with Crippen LogP contribution in [-0.2, 0) is 6.54 Å². The van der Waals surface area contributed by atoms with E-state index in [0.717, 1.165) is 36.1 Å². The fourth-order valence-electron chi connectivity index (χ4n) is 3.41. The van der Waals surface area contributed by atoms with Gasteiger partial charge in [-0.2, -0.15) is 0 Å². The van der Waals surface area contributed by atoms with Crippen LogP contribution in [0.2, 0.25) is 0 Å². The van der Waals surface area contributed by atoms with Gasteiger partial charge in [0, 0.05) is 25.0 Å². The highest BCUT2D eigenvalue weighted by atomic mass is 16.1. The minimum absolute atomic E-state index is 0.153. The van der Waals surface area contributed by atoms with Crippen LogP contribution in [-0.4, -0.2) is 38.3 Å². The second-order valence-electron chi connectivity index (χ2n) is 6.65. The lowest BCUT2D eigenvalue weighted by Crippen LogP contribution is -2.26. The van der Waals surface area contributed by atoms with E-state index in [-0.39, 0.29) is 5.91 Å². The van der Waals surface area contributed by atoms with Crippen LogP contribution in [0.15, 0.2) is 30.5 Å². The normalized spacial score (nSPS) is 14.2. The minimum Gasteiger partial charge on any atom is -0.345 e. The van der Waals surface area contributed by atoms with Gasteiger partial charge in [-0.05, 0) is 44.9 Å². The summed E-state index contributed by atoms with van der Waals surface area (Å²) < 4.78 is 1.81. The van der Waals surface area contributed by atoms with Gasteiger partial charge in [-0.1, -0.05) is 6.07 Å². The number of imidazole rings is 1. The number of rotatable bonds is 4. The highest BCUT2D eigenvalue weighted by Gasteiger charge is 2.18. The molecule has 7 nitrogen and oxygen atoms in total. The van der Waals surface area contributed by atoms with Crippen LogP contribution >= 0.6 is 0 Å². The summed E-state index contributed by atoms with van der Waals surface area (Å²) in [5.74, 6) is 0.609. The van der Waals surface area contributed by atoms with E-state index in [1.807, 2.05) is 48.7 Å². The predicted octanol–water partition coefficient (Wildman–Crippen LogP) is 2.27. The molecule has 26 heavy (non-hydrogen) atoms. The molecule has 0 atom stereocenters. The molecule has 4 rings (SSSR count). The van der Waals surface area contributed by atoms with Crippen molar-refractivity contribution in [3.8, 4) is 0 Å². The molecule has 1 aliphatic heterocycles. The van der Waals surface area contributed by atoms with Gasteiger partial charge >= 0.3 is 0 Å². The molecule has 0 radical (unpaired) electrons. The summed E-state index contributed by atoms with van der Waals surface area (Å²) in [4.78, 5) is 28.5. The Kier molecular flexibility index (Phi) is 4.28. The number of amides is 1. The molecule has 0 aliphatic carbocycles. The zero-order valence-electron chi connectivity index (χ0n) is 15.1. The van der Waals surface area contributed by atoms with Gasteiger partial charge in [0.15, 0.2) is 0 Å². The van der Waals surface area contributed by atoms with Gasteiger partial charge in [0.25, 0.3) is 5.91 Å². The number of hydrogen-bond acceptors (Lipinski definition) is 5. The van der Waals surface area contributed by atoms with Gasteiger partial charge in [0.05, 0.1) is 17.9 Å². The Labute approximate surface area is 152 Å². The molecule has 0 bridgehead atoms. The number of carbonyl (C=O) groups is 1. The Bertz CT molecular complexity index is 958. The molecule has 0 unspecified atom stereocenters. The fraction of sp³-hybridized carbons (Fsp3) is 0.368. The third kappa shape index (κ3) is 3.12. The van der Waals surface area contributed by atoms with Gasteiger partial charge in [-0.25, -0.2) is 15.0 Å². The molecule has 7 heteroatoms. The minimum atomic E-state index is -0.153. The third-order valence-corrected chi connectivity index (χ3v) is 4.63. The highest BCUT2D eigenvalue weighted by molar-refractivity contribution is 5.94. The second kappa shape index (κ2) is 6.74. The van der Waals surface area contributed by atoms with Crippen LogP contribution in [0.4, 0.5) is 5.95 Å². The van der Waals surface area contributed by atoms with Crippen LogP contribution in [0, 0.1) is 13.8 Å². The number of carbonyl (C=O) groups excluding carboxylic acids is 1. The largest absolute Gasteiger partial charge is 0.345 e. The van der Waals surface area contributed by atoms with Crippen LogP contribution in [0.25, 0.3) is 5.65 Å². The molecule has 0 spiro atoms. The molecule has 0 aromatic carbocycles. The number of anilines is 1. The van der Waals surface area contributed by atoms with Crippen LogP contribution < -0.4 is 10.2 Å². The van der Waals surface area contributed by atoms with E-state index in [1.165, 1.54) is 12.8 Å². The van der Waals surface area contributed by atoms with E-state index < -0.39 is 0 Å². The molecule has 1 N–H and O–H groups in total. The molecule has 3 aromatic heterocycles. The molecular weight excluding hydrogens is 328 g/mol. The van der Waals surface area contributed by atoms with Crippen molar-refractivity contribution in [1.82, 2.24) is 24.7 Å². The maximum Gasteiger partial charge on any atom is 0.270 e. The number of fused-ring (bicyclic) bond motifs is 1. The van der Waals surface area contributed by atoms with Crippen LogP contribution in [0.5, 0.6) is 0 Å². The monoisotopic (exact) mass is 350 g/mol. The second-order valence-corrected chi connectivity index (χ2v) is 6.65. The quantitative estimate of drug-likeness (QED) is 0.781. The topological polar surface area (TPSA) is 75.4 Å². The number of aromatic nitrogens is 4. The highest BCUT2D eigenvalue weighted by Crippen LogP contribution is 2.17. The van der Waals surface area contributed by atoms with E-state index in [4.69, 9.17) is 0 Å². The van der Waals surface area contributed by atoms with Crippen molar-refractivity contribution in [1.29, 1.82) is 0 Å². The summed E-state index contributed by atoms with van der Waals surface area (Å²) in [6, 6.07) is 7.61. The first-order valence-corrected chi connectivity index (χ1v) is 8.93. The van der Waals surface area contributed by atoms with Crippen molar-refractivity contribution in [2.24, 2.45) is 0 Å². The molecule has 1 saturated heterocycles. The number of nitrogens with one attached hydrogen (secondary N) is 1. The summed E-state index contributed by atoms with van der Waals surface area (Å²) in [7, 11) is 0. The van der Waals surface area contributed by atoms with Gasteiger partial charge < -0.3 is 10.2 Å². The molecule has 3 aromatic rings. The lowest BCUT2D eigenvalue weighted by molar-refractivity contribution is 0.0944. The van der Waals surface area contributed by atoms with Crippen molar-refractivity contribution >= 4 is 17.5 Å². The van der Waals surface area contributed by atoms with E-state index in [9.17, 15) is 4.79 Å². The van der Waals surface area contributed by atoms with Gasteiger partial charge in [0.1, 0.15) is 11.3 Å². The number of aryl methyl sites for hydroxylation is 2. The van der Waals surface area contributed by atoms with Gasteiger partial charge in [-0.3, -0.25) is 9.20 Å². The van der Waals surface area contributed by atoms with E-state index in [0.29, 0.717) is 17.9 Å². The molecule has 1 aliphatic rings. The maximum atomic E-state index is 12.7. The number of hydrogen-bond donors (Lipinski definition) is 1. The lowest BCUT2D eigenvalue weighted by Gasteiger charge is -2.16. The average Bonchev–Trinajstić information content (AvgIpc) is 3.26. The number of pyridine rings is 1. The Hall–Kier alpha value is -2.96. The maximum absolute atomic E-state index is 12.7. The Balaban J connectivity index is 1.53. The van der Waals surface area contributed by atoms with Crippen LogP contribution in [0.3, 0.4) is 0 Å². The van der Waals surface area contributed by atoms with Gasteiger partial charge in [0.2, 0.25) is 5.95 Å². The van der Waals surface area contributed by atoms with Crippen molar-refractivity contribution in [3.63, 3.8) is 0 Å². The summed E-state index contributed by atoms with van der Waals surface area (Å²) in [5, 5.41) is 2.97. The summed E-state index contributed by atoms with van der Waals surface area (Å²) >= 11 is 0. The van der Waals surface area contributed by atoms with E-state index >= 15 is 0 Å². The summed E-state index contributed by atoms with van der Waals surface area (Å²) in [6.07, 6.45) is 4.21. The van der Waals surface area contributed by atoms with Crippen molar-refractivity contribution in [2.45, 2.75) is 33.2 Å². The molecule has 134 valence electrons. The van der Waals surface area contributed by atoms with Gasteiger partial charge in [-0.15, -0.1) is 0 Å². The molecule has 1 fully saturated rings.